The fourth-order valence-electron chi connectivity index (χ4n) is 1.52. The van der Waals surface area contributed by atoms with E-state index in [4.69, 9.17) is 10.9 Å². The highest BCUT2D eigenvalue weighted by atomic mass is 32.2. The molecule has 0 fully saturated rings. The van der Waals surface area contributed by atoms with Crippen LogP contribution in [0.25, 0.3) is 0 Å². The van der Waals surface area contributed by atoms with Gasteiger partial charge >= 0.3 is 0 Å². The van der Waals surface area contributed by atoms with Gasteiger partial charge in [-0.3, -0.25) is 4.79 Å². The summed E-state index contributed by atoms with van der Waals surface area (Å²) in [6.45, 7) is 4.05. The molecule has 0 bridgehead atoms. The number of rotatable bonds is 6. The third kappa shape index (κ3) is 4.82. The van der Waals surface area contributed by atoms with Crippen molar-refractivity contribution in [2.24, 2.45) is 10.9 Å². The normalized spacial score (nSPS) is 13.1. The van der Waals surface area contributed by atoms with Crippen molar-refractivity contribution in [2.75, 3.05) is 11.5 Å². The molecular weight excluding hydrogens is 262 g/mol. The molecular formula is C13H19N3O2S. The number of hydrogen-bond donors (Lipinski definition) is 3. The third-order valence-corrected chi connectivity index (χ3v) is 3.62. The first-order valence-electron chi connectivity index (χ1n) is 6.05. The number of nitrogens with two attached hydrogens (primary N) is 1. The van der Waals surface area contributed by atoms with Gasteiger partial charge in [0, 0.05) is 22.9 Å². The molecule has 0 aromatic heterocycles. The maximum Gasteiger partial charge on any atom is 0.251 e. The molecule has 0 aliphatic heterocycles. The van der Waals surface area contributed by atoms with Gasteiger partial charge in [0.05, 0.1) is 0 Å². The van der Waals surface area contributed by atoms with Crippen LogP contribution in [0.2, 0.25) is 0 Å². The van der Waals surface area contributed by atoms with E-state index in [1.165, 1.54) is 0 Å². The molecule has 0 aliphatic carbocycles. The zero-order valence-corrected chi connectivity index (χ0v) is 11.9. The Morgan fingerprint density at radius 3 is 2.84 bits per heavy atom. The second-order valence-corrected chi connectivity index (χ2v) is 5.42. The molecule has 0 radical (unpaired) electrons. The predicted octanol–water partition coefficient (Wildman–Crippen LogP) is 1.65. The van der Waals surface area contributed by atoms with Gasteiger partial charge in [0.2, 0.25) is 0 Å². The van der Waals surface area contributed by atoms with Crippen molar-refractivity contribution in [3.63, 3.8) is 0 Å². The van der Waals surface area contributed by atoms with Crippen LogP contribution in [0.15, 0.2) is 29.4 Å². The predicted molar refractivity (Wildman–Crippen MR) is 78.9 cm³/mol. The Balaban J connectivity index is 2.72. The van der Waals surface area contributed by atoms with Crippen molar-refractivity contribution in [3.05, 3.63) is 35.4 Å². The molecule has 6 heteroatoms. The molecule has 0 saturated carbocycles. The van der Waals surface area contributed by atoms with Crippen molar-refractivity contribution in [1.29, 1.82) is 0 Å². The Morgan fingerprint density at radius 1 is 1.53 bits per heavy atom. The molecule has 104 valence electrons. The molecule has 5 nitrogen and oxygen atoms in total. The number of hydrogen-bond acceptors (Lipinski definition) is 4. The lowest BCUT2D eigenvalue weighted by molar-refractivity contribution is 0.0943. The number of thioether (sulfide) groups is 1. The number of carbonyl (C=O) groups excluding carboxylic acids is 1. The summed E-state index contributed by atoms with van der Waals surface area (Å²) in [6.07, 6.45) is 0. The fraction of sp³-hybridized carbons (Fsp3) is 0.385. The molecule has 4 N–H and O–H groups in total. The molecule has 1 amide bonds. The van der Waals surface area contributed by atoms with Crippen molar-refractivity contribution in [3.8, 4) is 0 Å². The second-order valence-electron chi connectivity index (χ2n) is 4.10. The Labute approximate surface area is 117 Å². The lowest BCUT2D eigenvalue weighted by Gasteiger charge is -2.13. The summed E-state index contributed by atoms with van der Waals surface area (Å²) in [7, 11) is 0. The minimum Gasteiger partial charge on any atom is -0.409 e. The maximum absolute atomic E-state index is 12.0. The number of oxime groups is 1. The van der Waals surface area contributed by atoms with Gasteiger partial charge < -0.3 is 16.3 Å². The first-order chi connectivity index (χ1) is 9.08. The summed E-state index contributed by atoms with van der Waals surface area (Å²) in [4.78, 5) is 12.0. The van der Waals surface area contributed by atoms with E-state index in [0.717, 1.165) is 11.5 Å². The van der Waals surface area contributed by atoms with E-state index < -0.39 is 0 Å². The molecule has 1 aromatic carbocycles. The first-order valence-corrected chi connectivity index (χ1v) is 7.20. The monoisotopic (exact) mass is 281 g/mol. The zero-order valence-electron chi connectivity index (χ0n) is 11.1. The highest BCUT2D eigenvalue weighted by Crippen LogP contribution is 2.07. The van der Waals surface area contributed by atoms with Crippen molar-refractivity contribution in [1.82, 2.24) is 5.32 Å². The van der Waals surface area contributed by atoms with Crippen LogP contribution in [0.4, 0.5) is 0 Å². The molecule has 1 atom stereocenters. The number of carbonyl (C=O) groups is 1. The van der Waals surface area contributed by atoms with E-state index in [-0.39, 0.29) is 17.8 Å². The average Bonchev–Trinajstić information content (AvgIpc) is 2.44. The van der Waals surface area contributed by atoms with Crippen LogP contribution in [0.3, 0.4) is 0 Å². The largest absolute Gasteiger partial charge is 0.409 e. The lowest BCUT2D eigenvalue weighted by Crippen LogP contribution is -2.34. The van der Waals surface area contributed by atoms with E-state index in [9.17, 15) is 4.79 Å². The molecule has 1 aromatic rings. The number of nitrogens with zero attached hydrogens (tertiary/aromatic N) is 1. The number of benzene rings is 1. The van der Waals surface area contributed by atoms with Crippen LogP contribution < -0.4 is 11.1 Å². The van der Waals surface area contributed by atoms with Gasteiger partial charge in [-0.1, -0.05) is 24.2 Å². The van der Waals surface area contributed by atoms with Crippen LogP contribution in [-0.2, 0) is 0 Å². The highest BCUT2D eigenvalue weighted by Gasteiger charge is 2.11. The van der Waals surface area contributed by atoms with Gasteiger partial charge in [-0.2, -0.15) is 11.8 Å². The zero-order chi connectivity index (χ0) is 14.3. The van der Waals surface area contributed by atoms with Gasteiger partial charge in [-0.05, 0) is 24.8 Å². The van der Waals surface area contributed by atoms with Gasteiger partial charge in [0.15, 0.2) is 5.84 Å². The van der Waals surface area contributed by atoms with Gasteiger partial charge in [0.1, 0.15) is 0 Å². The number of amidine groups is 1. The van der Waals surface area contributed by atoms with Crippen molar-refractivity contribution < 1.29 is 10.0 Å². The van der Waals surface area contributed by atoms with Crippen LogP contribution >= 0.6 is 11.8 Å². The summed E-state index contributed by atoms with van der Waals surface area (Å²) in [5.74, 6) is 1.74. The Morgan fingerprint density at radius 2 is 2.21 bits per heavy atom. The molecule has 0 saturated heterocycles. The van der Waals surface area contributed by atoms with Crippen LogP contribution in [-0.4, -0.2) is 34.5 Å². The fourth-order valence-corrected chi connectivity index (χ4v) is 2.19. The molecule has 0 heterocycles. The van der Waals surface area contributed by atoms with E-state index in [0.29, 0.717) is 11.1 Å². The second kappa shape index (κ2) is 7.68. The molecule has 0 spiro atoms. The van der Waals surface area contributed by atoms with Crippen LogP contribution in [0.1, 0.15) is 29.8 Å². The Bertz CT molecular complexity index is 463. The lowest BCUT2D eigenvalue weighted by atomic mass is 10.1. The van der Waals surface area contributed by atoms with E-state index in [2.05, 4.69) is 17.4 Å². The average molecular weight is 281 g/mol. The van der Waals surface area contributed by atoms with Crippen LogP contribution in [0, 0.1) is 0 Å². The minimum absolute atomic E-state index is 0.00997. The van der Waals surface area contributed by atoms with E-state index in [1.54, 1.807) is 36.0 Å². The maximum atomic E-state index is 12.0. The number of nitrogens with one attached hydrogen (secondary N) is 1. The smallest absolute Gasteiger partial charge is 0.251 e. The van der Waals surface area contributed by atoms with E-state index >= 15 is 0 Å². The van der Waals surface area contributed by atoms with Gasteiger partial charge in [-0.25, -0.2) is 0 Å². The van der Waals surface area contributed by atoms with Crippen molar-refractivity contribution in [2.45, 2.75) is 19.9 Å². The first kappa shape index (κ1) is 15.4. The molecule has 0 aliphatic rings. The van der Waals surface area contributed by atoms with Gasteiger partial charge in [0.25, 0.3) is 5.91 Å². The molecule has 1 rings (SSSR count). The number of amides is 1. The SMILES string of the molecule is CCSCC(C)NC(=O)c1cccc(/C(N)=N/O)c1. The quantitative estimate of drug-likeness (QED) is 0.320. The summed E-state index contributed by atoms with van der Waals surface area (Å²) >= 11 is 1.78. The van der Waals surface area contributed by atoms with E-state index in [1.807, 2.05) is 6.92 Å². The van der Waals surface area contributed by atoms with Gasteiger partial charge in [-0.15, -0.1) is 0 Å². The topological polar surface area (TPSA) is 87.7 Å². The summed E-state index contributed by atoms with van der Waals surface area (Å²) in [6, 6.07) is 6.79. The molecule has 1 unspecified atom stereocenters. The Hall–Kier alpha value is -1.69. The summed E-state index contributed by atoms with van der Waals surface area (Å²) in [5, 5.41) is 14.5. The van der Waals surface area contributed by atoms with Crippen molar-refractivity contribution >= 4 is 23.5 Å². The Kier molecular flexibility index (Phi) is 6.21. The summed E-state index contributed by atoms with van der Waals surface area (Å²) in [5.41, 5.74) is 6.51. The molecule has 19 heavy (non-hydrogen) atoms. The van der Waals surface area contributed by atoms with Crippen LogP contribution in [0.5, 0.6) is 0 Å². The third-order valence-electron chi connectivity index (χ3n) is 2.48. The summed E-state index contributed by atoms with van der Waals surface area (Å²) < 4.78 is 0. The standard InChI is InChI=1S/C13H19N3O2S/c1-3-19-8-9(2)15-13(17)11-6-4-5-10(7-11)12(14)16-18/h4-7,9,18H,3,8H2,1-2H3,(H2,14,16)(H,15,17). The highest BCUT2D eigenvalue weighted by molar-refractivity contribution is 7.99. The minimum atomic E-state index is -0.156.